The lowest BCUT2D eigenvalue weighted by atomic mass is 10.1. The monoisotopic (exact) mass is 305 g/mol. The van der Waals surface area contributed by atoms with Crippen molar-refractivity contribution in [2.45, 2.75) is 6.92 Å². The van der Waals surface area contributed by atoms with E-state index in [2.05, 4.69) is 5.32 Å². The predicted octanol–water partition coefficient (Wildman–Crippen LogP) is 5.11. The molecule has 0 spiro atoms. The van der Waals surface area contributed by atoms with Crippen molar-refractivity contribution in [2.75, 3.05) is 5.32 Å². The van der Waals surface area contributed by atoms with Crippen molar-refractivity contribution in [1.82, 2.24) is 0 Å². The van der Waals surface area contributed by atoms with Gasteiger partial charge in [0.2, 0.25) is 0 Å². The number of ketones is 1. The van der Waals surface area contributed by atoms with E-state index < -0.39 is 0 Å². The molecule has 0 aromatic heterocycles. The molecule has 20 heavy (non-hydrogen) atoms. The molecule has 2 aromatic carbocycles. The van der Waals surface area contributed by atoms with Crippen LogP contribution in [0, 0.1) is 6.92 Å². The lowest BCUT2D eigenvalue weighted by Gasteiger charge is -2.04. The van der Waals surface area contributed by atoms with Crippen LogP contribution < -0.4 is 5.32 Å². The molecule has 0 atom stereocenters. The quantitative estimate of drug-likeness (QED) is 0.628. The van der Waals surface area contributed by atoms with Crippen LogP contribution in [0.4, 0.5) is 5.69 Å². The topological polar surface area (TPSA) is 29.1 Å². The van der Waals surface area contributed by atoms with E-state index in [1.54, 1.807) is 36.5 Å². The van der Waals surface area contributed by atoms with Gasteiger partial charge in [0.25, 0.3) is 0 Å². The number of hydrogen-bond donors (Lipinski definition) is 1. The van der Waals surface area contributed by atoms with Gasteiger partial charge in [-0.25, -0.2) is 0 Å². The Kier molecular flexibility index (Phi) is 4.83. The van der Waals surface area contributed by atoms with Crippen molar-refractivity contribution in [1.29, 1.82) is 0 Å². The maximum atomic E-state index is 11.9. The second kappa shape index (κ2) is 6.60. The van der Waals surface area contributed by atoms with Crippen molar-refractivity contribution < 1.29 is 4.79 Å². The van der Waals surface area contributed by atoms with Gasteiger partial charge in [0.05, 0.1) is 15.7 Å². The molecule has 2 nitrogen and oxygen atoms in total. The van der Waals surface area contributed by atoms with Crippen LogP contribution in [0.25, 0.3) is 0 Å². The predicted molar refractivity (Wildman–Crippen MR) is 84.7 cm³/mol. The normalized spacial score (nSPS) is 10.8. The number of nitrogens with one attached hydrogen (secondary N) is 1. The molecule has 4 heteroatoms. The molecule has 0 aliphatic heterocycles. The summed E-state index contributed by atoms with van der Waals surface area (Å²) >= 11 is 11.9. The van der Waals surface area contributed by atoms with E-state index in [1.807, 2.05) is 19.1 Å². The number of anilines is 1. The summed E-state index contributed by atoms with van der Waals surface area (Å²) in [6.07, 6.45) is 3.02. The number of aryl methyl sites for hydroxylation is 1. The van der Waals surface area contributed by atoms with E-state index >= 15 is 0 Å². The third-order valence-electron chi connectivity index (χ3n) is 2.76. The van der Waals surface area contributed by atoms with Gasteiger partial charge in [0.1, 0.15) is 0 Å². The smallest absolute Gasteiger partial charge is 0.187 e. The summed E-state index contributed by atoms with van der Waals surface area (Å²) in [7, 11) is 0. The minimum absolute atomic E-state index is 0.0735. The maximum absolute atomic E-state index is 11.9. The van der Waals surface area contributed by atoms with Gasteiger partial charge in [-0.3, -0.25) is 4.79 Å². The van der Waals surface area contributed by atoms with Gasteiger partial charge < -0.3 is 5.32 Å². The summed E-state index contributed by atoms with van der Waals surface area (Å²) in [5.74, 6) is -0.0735. The molecule has 0 radical (unpaired) electrons. The van der Waals surface area contributed by atoms with Crippen LogP contribution in [0.1, 0.15) is 15.9 Å². The molecule has 0 bridgehead atoms. The number of benzene rings is 2. The van der Waals surface area contributed by atoms with Gasteiger partial charge in [0, 0.05) is 17.8 Å². The van der Waals surface area contributed by atoms with Gasteiger partial charge in [0.15, 0.2) is 5.78 Å². The van der Waals surface area contributed by atoms with Crippen molar-refractivity contribution in [2.24, 2.45) is 0 Å². The molecule has 0 unspecified atom stereocenters. The third kappa shape index (κ3) is 3.62. The molecule has 0 amide bonds. The number of rotatable bonds is 4. The molecule has 0 saturated heterocycles. The van der Waals surface area contributed by atoms with Crippen molar-refractivity contribution in [3.8, 4) is 0 Å². The van der Waals surface area contributed by atoms with Crippen LogP contribution in [0.2, 0.25) is 10.0 Å². The van der Waals surface area contributed by atoms with Crippen LogP contribution in [0.15, 0.2) is 54.7 Å². The number of allylic oxidation sites excluding steroid dienone is 1. The SMILES string of the molecule is Cc1ccc(C(=O)C=CNc2cccc(Cl)c2Cl)cc1. The second-order valence-corrected chi connectivity index (χ2v) is 5.09. The van der Waals surface area contributed by atoms with Gasteiger partial charge in [-0.2, -0.15) is 0 Å². The molecule has 0 aliphatic rings. The first-order valence-corrected chi connectivity index (χ1v) is 6.81. The maximum Gasteiger partial charge on any atom is 0.187 e. The Labute approximate surface area is 128 Å². The highest BCUT2D eigenvalue weighted by molar-refractivity contribution is 6.43. The van der Waals surface area contributed by atoms with Crippen LogP contribution in [-0.4, -0.2) is 5.78 Å². The van der Waals surface area contributed by atoms with Gasteiger partial charge in [-0.1, -0.05) is 59.1 Å². The summed E-state index contributed by atoms with van der Waals surface area (Å²) in [4.78, 5) is 11.9. The van der Waals surface area contributed by atoms with Crippen LogP contribution in [-0.2, 0) is 0 Å². The van der Waals surface area contributed by atoms with E-state index in [0.29, 0.717) is 21.3 Å². The van der Waals surface area contributed by atoms with Crippen LogP contribution in [0.5, 0.6) is 0 Å². The van der Waals surface area contributed by atoms with Gasteiger partial charge in [-0.05, 0) is 19.1 Å². The minimum atomic E-state index is -0.0735. The van der Waals surface area contributed by atoms with E-state index in [-0.39, 0.29) is 5.78 Å². The first-order valence-electron chi connectivity index (χ1n) is 6.06. The molecule has 0 heterocycles. The average molecular weight is 306 g/mol. The van der Waals surface area contributed by atoms with Gasteiger partial charge in [-0.15, -0.1) is 0 Å². The zero-order valence-electron chi connectivity index (χ0n) is 10.9. The van der Waals surface area contributed by atoms with Gasteiger partial charge >= 0.3 is 0 Å². The molecule has 0 fully saturated rings. The fraction of sp³-hybridized carbons (Fsp3) is 0.0625. The third-order valence-corrected chi connectivity index (χ3v) is 3.58. The van der Waals surface area contributed by atoms with Crippen LogP contribution in [0.3, 0.4) is 0 Å². The standard InChI is InChI=1S/C16H13Cl2NO/c1-11-5-7-12(8-6-11)15(20)9-10-19-14-4-2-3-13(17)16(14)18/h2-10,19H,1H3. The lowest BCUT2D eigenvalue weighted by molar-refractivity contribution is 0.104. The Morgan fingerprint density at radius 1 is 1.10 bits per heavy atom. The first kappa shape index (κ1) is 14.6. The number of halogens is 2. The molecule has 0 aliphatic carbocycles. The molecule has 0 saturated carbocycles. The Bertz CT molecular complexity index is 648. The molecule has 1 N–H and O–H groups in total. The molecular weight excluding hydrogens is 293 g/mol. The summed E-state index contributed by atoms with van der Waals surface area (Å²) in [5, 5.41) is 3.85. The fourth-order valence-corrected chi connectivity index (χ4v) is 1.99. The minimum Gasteiger partial charge on any atom is -0.360 e. The zero-order valence-corrected chi connectivity index (χ0v) is 12.4. The molecule has 2 rings (SSSR count). The largest absolute Gasteiger partial charge is 0.360 e. The first-order chi connectivity index (χ1) is 9.58. The van der Waals surface area contributed by atoms with Crippen molar-refractivity contribution in [3.05, 3.63) is 75.9 Å². The summed E-state index contributed by atoms with van der Waals surface area (Å²) in [5.41, 5.74) is 2.42. The fourth-order valence-electron chi connectivity index (χ4n) is 1.64. The molecular formula is C16H13Cl2NO. The Morgan fingerprint density at radius 3 is 2.50 bits per heavy atom. The Balaban J connectivity index is 2.05. The summed E-state index contributed by atoms with van der Waals surface area (Å²) in [6, 6.07) is 12.7. The number of carbonyl (C=O) groups is 1. The van der Waals surface area contributed by atoms with E-state index in [0.717, 1.165) is 5.56 Å². The van der Waals surface area contributed by atoms with Crippen LogP contribution >= 0.6 is 23.2 Å². The highest BCUT2D eigenvalue weighted by Gasteiger charge is 2.03. The van der Waals surface area contributed by atoms with E-state index in [4.69, 9.17) is 23.2 Å². The summed E-state index contributed by atoms with van der Waals surface area (Å²) < 4.78 is 0. The molecule has 102 valence electrons. The molecule has 2 aromatic rings. The Morgan fingerprint density at radius 2 is 1.80 bits per heavy atom. The van der Waals surface area contributed by atoms with E-state index in [9.17, 15) is 4.79 Å². The zero-order chi connectivity index (χ0) is 14.5. The van der Waals surface area contributed by atoms with Crippen molar-refractivity contribution in [3.63, 3.8) is 0 Å². The highest BCUT2D eigenvalue weighted by atomic mass is 35.5. The number of hydrogen-bond acceptors (Lipinski definition) is 2. The number of carbonyl (C=O) groups excluding carboxylic acids is 1. The highest BCUT2D eigenvalue weighted by Crippen LogP contribution is 2.29. The summed E-state index contributed by atoms with van der Waals surface area (Å²) in [6.45, 7) is 1.98. The van der Waals surface area contributed by atoms with E-state index in [1.165, 1.54) is 6.08 Å². The lowest BCUT2D eigenvalue weighted by Crippen LogP contribution is -1.96. The second-order valence-electron chi connectivity index (χ2n) is 4.31. The van der Waals surface area contributed by atoms with Crippen molar-refractivity contribution >= 4 is 34.7 Å². The Hall–Kier alpha value is -1.77. The average Bonchev–Trinajstić information content (AvgIpc) is 2.44.